The van der Waals surface area contributed by atoms with Gasteiger partial charge in [-0.15, -0.1) is 0 Å². The van der Waals surface area contributed by atoms with Crippen LogP contribution >= 0.6 is 0 Å². The third-order valence-corrected chi connectivity index (χ3v) is 3.64. The van der Waals surface area contributed by atoms with E-state index in [9.17, 15) is 9.90 Å². The highest BCUT2D eigenvalue weighted by Crippen LogP contribution is 2.24. The zero-order valence-corrected chi connectivity index (χ0v) is 12.7. The van der Waals surface area contributed by atoms with Gasteiger partial charge in [-0.2, -0.15) is 0 Å². The van der Waals surface area contributed by atoms with Crippen LogP contribution in [-0.2, 0) is 4.74 Å². The molecule has 1 unspecified atom stereocenters. The fraction of sp³-hybridized carbons (Fsp3) is 0.353. The van der Waals surface area contributed by atoms with E-state index in [2.05, 4.69) is 0 Å². The largest absolute Gasteiger partial charge is 0.426 e. The monoisotopic (exact) mass is 317 g/mol. The molecule has 6 nitrogen and oxygen atoms in total. The summed E-state index contributed by atoms with van der Waals surface area (Å²) < 4.78 is 16.4. The van der Waals surface area contributed by atoms with E-state index in [1.54, 1.807) is 17.0 Å². The molecular weight excluding hydrogens is 298 g/mol. The number of furan rings is 1. The number of rotatable bonds is 4. The summed E-state index contributed by atoms with van der Waals surface area (Å²) in [5.74, 6) is 0.830. The molecule has 23 heavy (non-hydrogen) atoms. The van der Waals surface area contributed by atoms with Crippen molar-refractivity contribution in [2.75, 3.05) is 32.9 Å². The summed E-state index contributed by atoms with van der Waals surface area (Å²) >= 11 is 0. The molecule has 6 heteroatoms. The Balaban J connectivity index is 1.68. The summed E-state index contributed by atoms with van der Waals surface area (Å²) in [6.45, 7) is 1.83. The van der Waals surface area contributed by atoms with Gasteiger partial charge >= 0.3 is 0 Å². The molecule has 2 aromatic rings. The van der Waals surface area contributed by atoms with Crippen molar-refractivity contribution in [1.82, 2.24) is 4.90 Å². The van der Waals surface area contributed by atoms with Crippen molar-refractivity contribution < 1.29 is 23.8 Å². The number of para-hydroxylation sites is 1. The molecule has 2 heterocycles. The number of ether oxygens (including phenoxy) is 2. The number of carbonyl (C=O) groups is 1. The molecule has 1 aliphatic rings. The predicted octanol–water partition coefficient (Wildman–Crippen LogP) is 2.15. The molecule has 1 saturated heterocycles. The second-order valence-corrected chi connectivity index (χ2v) is 5.41. The first kappa shape index (κ1) is 15.6. The Labute approximate surface area is 134 Å². The first-order chi connectivity index (χ1) is 11.3. The summed E-state index contributed by atoms with van der Waals surface area (Å²) in [7, 11) is 0. The van der Waals surface area contributed by atoms with E-state index in [-0.39, 0.29) is 30.1 Å². The molecule has 1 aromatic carbocycles. The molecule has 0 radical (unpaired) electrons. The molecular formula is C17H19NO5. The maximum atomic E-state index is 12.5. The highest BCUT2D eigenvalue weighted by atomic mass is 16.6. The zero-order valence-electron chi connectivity index (χ0n) is 12.7. The highest BCUT2D eigenvalue weighted by Gasteiger charge is 2.25. The molecule has 0 saturated carbocycles. The average Bonchev–Trinajstić information content (AvgIpc) is 2.91. The van der Waals surface area contributed by atoms with E-state index in [0.717, 1.165) is 0 Å². The second kappa shape index (κ2) is 7.30. The van der Waals surface area contributed by atoms with E-state index in [1.807, 2.05) is 30.3 Å². The van der Waals surface area contributed by atoms with Gasteiger partial charge in [-0.05, 0) is 18.2 Å². The van der Waals surface area contributed by atoms with Gasteiger partial charge in [-0.25, -0.2) is 0 Å². The normalized spacial score (nSPS) is 18.5. The molecule has 0 spiro atoms. The minimum absolute atomic E-state index is 0.00962. The fourth-order valence-corrected chi connectivity index (χ4v) is 2.43. The third-order valence-electron chi connectivity index (χ3n) is 3.64. The van der Waals surface area contributed by atoms with Crippen LogP contribution in [0.15, 0.2) is 46.9 Å². The zero-order chi connectivity index (χ0) is 16.1. The van der Waals surface area contributed by atoms with Crippen LogP contribution in [0.3, 0.4) is 0 Å². The van der Waals surface area contributed by atoms with Gasteiger partial charge in [0.2, 0.25) is 0 Å². The standard InChI is InChI=1S/C17H19NO5/c19-11-13-10-18(8-9-21-12-13)17(20)15-6-7-16(23-15)22-14-4-2-1-3-5-14/h1-7,13,19H,8-12H2. The molecule has 0 bridgehead atoms. The summed E-state index contributed by atoms with van der Waals surface area (Å²) in [5, 5.41) is 9.29. The van der Waals surface area contributed by atoms with Crippen LogP contribution in [-0.4, -0.2) is 48.8 Å². The Morgan fingerprint density at radius 2 is 2.09 bits per heavy atom. The molecule has 1 aliphatic heterocycles. The number of benzene rings is 1. The van der Waals surface area contributed by atoms with E-state index < -0.39 is 0 Å². The minimum Gasteiger partial charge on any atom is -0.426 e. The third kappa shape index (κ3) is 3.91. The van der Waals surface area contributed by atoms with Gasteiger partial charge in [0, 0.05) is 31.7 Å². The second-order valence-electron chi connectivity index (χ2n) is 5.41. The van der Waals surface area contributed by atoms with E-state index in [0.29, 0.717) is 32.1 Å². The van der Waals surface area contributed by atoms with E-state index in [4.69, 9.17) is 13.9 Å². The van der Waals surface area contributed by atoms with Gasteiger partial charge in [0.15, 0.2) is 5.76 Å². The first-order valence-corrected chi connectivity index (χ1v) is 7.57. The molecule has 1 atom stereocenters. The van der Waals surface area contributed by atoms with Crippen molar-refractivity contribution in [2.24, 2.45) is 5.92 Å². The predicted molar refractivity (Wildman–Crippen MR) is 82.5 cm³/mol. The molecule has 1 amide bonds. The number of nitrogens with zero attached hydrogens (tertiary/aromatic N) is 1. The lowest BCUT2D eigenvalue weighted by Gasteiger charge is -2.21. The number of amides is 1. The van der Waals surface area contributed by atoms with Crippen molar-refractivity contribution >= 4 is 5.91 Å². The Morgan fingerprint density at radius 3 is 2.87 bits per heavy atom. The smallest absolute Gasteiger partial charge is 0.290 e. The molecule has 1 fully saturated rings. The van der Waals surface area contributed by atoms with Crippen LogP contribution in [0.25, 0.3) is 0 Å². The van der Waals surface area contributed by atoms with Gasteiger partial charge in [0.05, 0.1) is 13.2 Å². The van der Waals surface area contributed by atoms with Crippen molar-refractivity contribution in [3.63, 3.8) is 0 Å². The van der Waals surface area contributed by atoms with Crippen molar-refractivity contribution in [2.45, 2.75) is 0 Å². The van der Waals surface area contributed by atoms with Gasteiger partial charge < -0.3 is 23.9 Å². The summed E-state index contributed by atoms with van der Waals surface area (Å²) in [5.41, 5.74) is 0. The van der Waals surface area contributed by atoms with Crippen molar-refractivity contribution in [3.8, 4) is 11.7 Å². The molecule has 3 rings (SSSR count). The van der Waals surface area contributed by atoms with E-state index >= 15 is 0 Å². The number of carbonyl (C=O) groups excluding carboxylic acids is 1. The van der Waals surface area contributed by atoms with Crippen molar-refractivity contribution in [3.05, 3.63) is 48.2 Å². The fourth-order valence-electron chi connectivity index (χ4n) is 2.43. The van der Waals surface area contributed by atoms with Crippen LogP contribution in [0.5, 0.6) is 11.7 Å². The van der Waals surface area contributed by atoms with Crippen LogP contribution < -0.4 is 4.74 Å². The quantitative estimate of drug-likeness (QED) is 0.935. The Morgan fingerprint density at radius 1 is 1.26 bits per heavy atom. The number of aliphatic hydroxyl groups is 1. The Hall–Kier alpha value is -2.31. The summed E-state index contributed by atoms with van der Waals surface area (Å²) in [4.78, 5) is 14.2. The number of aliphatic hydroxyl groups excluding tert-OH is 1. The topological polar surface area (TPSA) is 72.1 Å². The lowest BCUT2D eigenvalue weighted by Crippen LogP contribution is -2.36. The average molecular weight is 317 g/mol. The lowest BCUT2D eigenvalue weighted by molar-refractivity contribution is 0.0691. The maximum absolute atomic E-state index is 12.5. The summed E-state index contributed by atoms with van der Waals surface area (Å²) in [6.07, 6.45) is 0. The number of hydrogen-bond acceptors (Lipinski definition) is 5. The lowest BCUT2D eigenvalue weighted by atomic mass is 10.1. The molecule has 1 aromatic heterocycles. The van der Waals surface area contributed by atoms with Gasteiger partial charge in [-0.3, -0.25) is 4.79 Å². The molecule has 0 aliphatic carbocycles. The Kier molecular flexibility index (Phi) is 4.95. The molecule has 122 valence electrons. The van der Waals surface area contributed by atoms with Crippen LogP contribution in [0.4, 0.5) is 0 Å². The summed E-state index contributed by atoms with van der Waals surface area (Å²) in [6, 6.07) is 12.4. The van der Waals surface area contributed by atoms with Gasteiger partial charge in [-0.1, -0.05) is 18.2 Å². The van der Waals surface area contributed by atoms with Crippen molar-refractivity contribution in [1.29, 1.82) is 0 Å². The number of hydrogen-bond donors (Lipinski definition) is 1. The first-order valence-electron chi connectivity index (χ1n) is 7.57. The van der Waals surface area contributed by atoms with E-state index in [1.165, 1.54) is 0 Å². The van der Waals surface area contributed by atoms with Crippen LogP contribution in [0, 0.1) is 5.92 Å². The maximum Gasteiger partial charge on any atom is 0.290 e. The minimum atomic E-state index is -0.225. The van der Waals surface area contributed by atoms with Crippen LogP contribution in [0.2, 0.25) is 0 Å². The molecule has 1 N–H and O–H groups in total. The van der Waals surface area contributed by atoms with Gasteiger partial charge in [0.25, 0.3) is 11.9 Å². The SMILES string of the molecule is O=C(c1ccc(Oc2ccccc2)o1)N1CCOCC(CO)C1. The highest BCUT2D eigenvalue weighted by molar-refractivity contribution is 5.91. The van der Waals surface area contributed by atoms with Crippen LogP contribution in [0.1, 0.15) is 10.6 Å². The Bertz CT molecular complexity index is 639. The van der Waals surface area contributed by atoms with Gasteiger partial charge in [0.1, 0.15) is 5.75 Å².